The Balaban J connectivity index is 2.05. The Hall–Kier alpha value is -2.56. The zero-order valence-corrected chi connectivity index (χ0v) is 12.9. The molecule has 3 atom stereocenters. The number of nitrogens with two attached hydrogens (primary N) is 1. The maximum absolute atomic E-state index is 11.3. The first-order valence-corrected chi connectivity index (χ1v) is 7.24. The molecule has 3 heterocycles. The van der Waals surface area contributed by atoms with Crippen molar-refractivity contribution in [1.82, 2.24) is 19.7 Å². The number of rotatable bonds is 4. The summed E-state index contributed by atoms with van der Waals surface area (Å²) < 4.78 is 11.6. The zero-order chi connectivity index (χ0) is 17.3. The minimum absolute atomic E-state index is 0.202. The third kappa shape index (κ3) is 2.82. The largest absolute Gasteiger partial charge is 0.466 e. The number of anilines is 1. The molecule has 4 N–H and O–H groups in total. The lowest BCUT2D eigenvalue weighted by Crippen LogP contribution is -2.24. The number of nitrogen functional groups attached to an aromatic ring is 1. The second-order valence-electron chi connectivity index (χ2n) is 5.26. The molecule has 128 valence electrons. The molecule has 0 radical (unpaired) electrons. The van der Waals surface area contributed by atoms with Crippen LogP contribution in [0.15, 0.2) is 12.4 Å². The smallest absolute Gasteiger partial charge is 0.330 e. The number of fused-ring (bicyclic) bond motifs is 1. The van der Waals surface area contributed by atoms with E-state index in [1.807, 2.05) is 0 Å². The summed E-state index contributed by atoms with van der Waals surface area (Å²) in [5, 5.41) is 23.9. The molecule has 0 saturated carbocycles. The van der Waals surface area contributed by atoms with Gasteiger partial charge in [-0.1, -0.05) is 0 Å². The quantitative estimate of drug-likeness (QED) is 0.484. The topological polar surface area (TPSA) is 146 Å². The van der Waals surface area contributed by atoms with E-state index in [9.17, 15) is 15.0 Å². The number of esters is 1. The van der Waals surface area contributed by atoms with Crippen molar-refractivity contribution in [2.45, 2.75) is 24.9 Å². The lowest BCUT2D eigenvalue weighted by atomic mass is 10.2. The highest BCUT2D eigenvalue weighted by Gasteiger charge is 2.36. The van der Waals surface area contributed by atoms with E-state index in [0.29, 0.717) is 16.7 Å². The van der Waals surface area contributed by atoms with Gasteiger partial charge in [0.15, 0.2) is 11.9 Å². The number of methoxy groups -OCH3 is 1. The molecule has 3 rings (SSSR count). The van der Waals surface area contributed by atoms with E-state index in [4.69, 9.17) is 10.5 Å². The molecule has 2 aromatic rings. The summed E-state index contributed by atoms with van der Waals surface area (Å²) in [6.45, 7) is -0.302. The van der Waals surface area contributed by atoms with E-state index in [2.05, 4.69) is 19.8 Å². The average Bonchev–Trinajstić information content (AvgIpc) is 3.13. The van der Waals surface area contributed by atoms with Crippen LogP contribution in [0.3, 0.4) is 0 Å². The van der Waals surface area contributed by atoms with Crippen LogP contribution in [0.4, 0.5) is 5.82 Å². The molecule has 1 aliphatic heterocycles. The van der Waals surface area contributed by atoms with Crippen molar-refractivity contribution in [2.24, 2.45) is 0 Å². The monoisotopic (exact) mass is 335 g/mol. The van der Waals surface area contributed by atoms with Crippen molar-refractivity contribution in [3.8, 4) is 0 Å². The van der Waals surface area contributed by atoms with Gasteiger partial charge in [0.1, 0.15) is 18.2 Å². The van der Waals surface area contributed by atoms with E-state index in [1.54, 1.807) is 0 Å². The van der Waals surface area contributed by atoms with Crippen molar-refractivity contribution < 1.29 is 24.5 Å². The molecule has 0 aliphatic carbocycles. The number of aliphatic hydroxyl groups is 2. The molecule has 10 heteroatoms. The van der Waals surface area contributed by atoms with Gasteiger partial charge in [0, 0.05) is 12.5 Å². The molecule has 1 aliphatic rings. The molecule has 10 nitrogen and oxygen atoms in total. The third-order valence-corrected chi connectivity index (χ3v) is 3.78. The number of hydrogen-bond acceptors (Lipinski definition) is 9. The normalized spacial score (nSPS) is 24.0. The van der Waals surface area contributed by atoms with Crippen molar-refractivity contribution in [3.63, 3.8) is 0 Å². The van der Waals surface area contributed by atoms with Crippen molar-refractivity contribution >= 4 is 28.9 Å². The second-order valence-corrected chi connectivity index (χ2v) is 5.26. The van der Waals surface area contributed by atoms with Gasteiger partial charge in [-0.3, -0.25) is 0 Å². The van der Waals surface area contributed by atoms with E-state index < -0.39 is 24.4 Å². The Morgan fingerprint density at radius 3 is 3.04 bits per heavy atom. The number of nitrogens with zero attached hydrogens (tertiary/aromatic N) is 4. The summed E-state index contributed by atoms with van der Waals surface area (Å²) in [5.41, 5.74) is 6.68. The summed E-state index contributed by atoms with van der Waals surface area (Å²) >= 11 is 0. The van der Waals surface area contributed by atoms with Crippen LogP contribution in [0.5, 0.6) is 0 Å². The Labute approximate surface area is 136 Å². The van der Waals surface area contributed by atoms with Crippen molar-refractivity contribution in [2.75, 3.05) is 19.5 Å². The Bertz CT molecular complexity index is 789. The summed E-state index contributed by atoms with van der Waals surface area (Å²) in [5.74, 6) is -0.339. The SMILES string of the molecule is COC(=O)/C=C/c1nn([C@H]2C[C@H](O)[C@@H](CO)O2)c2ncnc(N)c12. The molecule has 0 spiro atoms. The van der Waals surface area contributed by atoms with Crippen molar-refractivity contribution in [3.05, 3.63) is 18.1 Å². The van der Waals surface area contributed by atoms with E-state index in [1.165, 1.54) is 30.3 Å². The number of carbonyl (C=O) groups is 1. The van der Waals surface area contributed by atoms with Crippen LogP contribution >= 0.6 is 0 Å². The average molecular weight is 335 g/mol. The van der Waals surface area contributed by atoms with E-state index in [0.717, 1.165) is 0 Å². The van der Waals surface area contributed by atoms with Crippen LogP contribution in [-0.2, 0) is 14.3 Å². The van der Waals surface area contributed by atoms with Gasteiger partial charge in [-0.15, -0.1) is 0 Å². The maximum atomic E-state index is 11.3. The Morgan fingerprint density at radius 1 is 1.58 bits per heavy atom. The molecule has 1 saturated heterocycles. The van der Waals surface area contributed by atoms with Crippen molar-refractivity contribution in [1.29, 1.82) is 0 Å². The van der Waals surface area contributed by atoms with Gasteiger partial charge < -0.3 is 25.4 Å². The van der Waals surface area contributed by atoms with E-state index in [-0.39, 0.29) is 18.8 Å². The predicted octanol–water partition coefficient (Wildman–Crippen LogP) is -0.765. The molecule has 1 fully saturated rings. The minimum atomic E-state index is -0.813. The molecule has 0 aromatic carbocycles. The maximum Gasteiger partial charge on any atom is 0.330 e. The van der Waals surface area contributed by atoms with Crippen LogP contribution in [0, 0.1) is 0 Å². The molecule has 0 bridgehead atoms. The fourth-order valence-electron chi connectivity index (χ4n) is 2.58. The Kier molecular flexibility index (Phi) is 4.42. The lowest BCUT2D eigenvalue weighted by molar-refractivity contribution is -0.134. The van der Waals surface area contributed by atoms with Gasteiger partial charge >= 0.3 is 5.97 Å². The Morgan fingerprint density at radius 2 is 2.38 bits per heavy atom. The fraction of sp³-hybridized carbons (Fsp3) is 0.429. The summed E-state index contributed by atoms with van der Waals surface area (Å²) in [4.78, 5) is 19.4. The summed E-state index contributed by atoms with van der Waals surface area (Å²) in [6, 6.07) is 0. The highest BCUT2D eigenvalue weighted by atomic mass is 16.5. The highest BCUT2D eigenvalue weighted by molar-refractivity contribution is 5.96. The molecule has 0 amide bonds. The second kappa shape index (κ2) is 6.51. The van der Waals surface area contributed by atoms with Gasteiger partial charge in [0.25, 0.3) is 0 Å². The number of aliphatic hydroxyl groups excluding tert-OH is 2. The van der Waals surface area contributed by atoms with Crippen LogP contribution in [-0.4, -0.2) is 61.9 Å². The first-order valence-electron chi connectivity index (χ1n) is 7.24. The third-order valence-electron chi connectivity index (χ3n) is 3.78. The predicted molar refractivity (Wildman–Crippen MR) is 82.4 cm³/mol. The van der Waals surface area contributed by atoms with E-state index >= 15 is 0 Å². The summed E-state index contributed by atoms with van der Waals surface area (Å²) in [7, 11) is 1.27. The molecule has 0 unspecified atom stereocenters. The van der Waals surface area contributed by atoms with Gasteiger partial charge in [-0.05, 0) is 6.08 Å². The zero-order valence-electron chi connectivity index (χ0n) is 12.9. The first-order chi connectivity index (χ1) is 11.5. The van der Waals surface area contributed by atoms with Gasteiger partial charge in [0.05, 0.1) is 30.9 Å². The summed E-state index contributed by atoms with van der Waals surface area (Å²) in [6.07, 6.45) is 2.06. The number of aromatic nitrogens is 4. The van der Waals surface area contributed by atoms with Crippen LogP contribution in [0.2, 0.25) is 0 Å². The van der Waals surface area contributed by atoms with Crippen LogP contribution < -0.4 is 5.73 Å². The van der Waals surface area contributed by atoms with Gasteiger partial charge in [-0.2, -0.15) is 5.10 Å². The molecule has 2 aromatic heterocycles. The van der Waals surface area contributed by atoms with Crippen LogP contribution in [0.25, 0.3) is 17.1 Å². The van der Waals surface area contributed by atoms with Gasteiger partial charge in [0.2, 0.25) is 0 Å². The van der Waals surface area contributed by atoms with Gasteiger partial charge in [-0.25, -0.2) is 19.4 Å². The highest BCUT2D eigenvalue weighted by Crippen LogP contribution is 2.32. The fourth-order valence-corrected chi connectivity index (χ4v) is 2.58. The molecular formula is C14H17N5O5. The first kappa shape index (κ1) is 16.3. The number of hydrogen-bond donors (Lipinski definition) is 3. The lowest BCUT2D eigenvalue weighted by Gasteiger charge is -2.12. The number of ether oxygens (including phenoxy) is 2. The minimum Gasteiger partial charge on any atom is -0.466 e. The molecular weight excluding hydrogens is 318 g/mol. The molecule has 24 heavy (non-hydrogen) atoms. The number of carbonyl (C=O) groups excluding carboxylic acids is 1. The standard InChI is InChI=1S/C14H17N5O5/c1-23-11(22)3-2-7-12-13(15)16-6-17-14(12)19(18-7)10-4-8(21)9(5-20)24-10/h2-3,6,8-10,20-21H,4-5H2,1H3,(H2,15,16,17)/b3-2+/t8-,9+,10+/m0/s1. The van der Waals surface area contributed by atoms with Crippen LogP contribution in [0.1, 0.15) is 18.3 Å².